The molecule has 7 heteroatoms. The molecule has 7 nitrogen and oxygen atoms in total. The zero-order chi connectivity index (χ0) is 13.8. The monoisotopic (exact) mass is 274 g/mol. The van der Waals surface area contributed by atoms with E-state index >= 15 is 0 Å². The Labute approximate surface area is 115 Å². The van der Waals surface area contributed by atoms with E-state index in [0.29, 0.717) is 24.8 Å². The van der Waals surface area contributed by atoms with E-state index in [2.05, 4.69) is 15.3 Å². The van der Waals surface area contributed by atoms with Crippen LogP contribution in [0.2, 0.25) is 0 Å². The lowest BCUT2D eigenvalue weighted by atomic mass is 10.4. The normalized spacial score (nSPS) is 15.1. The van der Waals surface area contributed by atoms with E-state index in [9.17, 15) is 4.79 Å². The molecule has 1 saturated heterocycles. The molecular weight excluding hydrogens is 260 g/mol. The molecule has 0 unspecified atom stereocenters. The maximum Gasteiger partial charge on any atom is 0.291 e. The number of aromatic nitrogens is 2. The molecule has 3 heterocycles. The van der Waals surface area contributed by atoms with Crippen LogP contribution in [0.25, 0.3) is 0 Å². The fourth-order valence-corrected chi connectivity index (χ4v) is 1.91. The summed E-state index contributed by atoms with van der Waals surface area (Å²) in [5.41, 5.74) is 0.531. The summed E-state index contributed by atoms with van der Waals surface area (Å²) in [5.74, 6) is 0.573. The van der Waals surface area contributed by atoms with E-state index in [1.807, 2.05) is 4.90 Å². The molecule has 0 aliphatic carbocycles. The number of nitrogens with zero attached hydrogens (tertiary/aromatic N) is 3. The van der Waals surface area contributed by atoms with Gasteiger partial charge in [0.2, 0.25) is 5.95 Å². The van der Waals surface area contributed by atoms with Crippen LogP contribution < -0.4 is 10.2 Å². The summed E-state index contributed by atoms with van der Waals surface area (Å²) in [6.45, 7) is 2.91. The summed E-state index contributed by atoms with van der Waals surface area (Å²) in [5, 5.41) is 2.67. The van der Waals surface area contributed by atoms with Crippen LogP contribution in [0.3, 0.4) is 0 Å². The zero-order valence-corrected chi connectivity index (χ0v) is 10.8. The minimum Gasteiger partial charge on any atom is -0.459 e. The maximum atomic E-state index is 11.8. The SMILES string of the molecule is O=C(Nc1cnc(N2CCOCC2)nc1)c1ccco1. The fourth-order valence-electron chi connectivity index (χ4n) is 1.91. The average Bonchev–Trinajstić information content (AvgIpc) is 3.03. The molecule has 1 aliphatic rings. The van der Waals surface area contributed by atoms with Crippen LogP contribution in [0.5, 0.6) is 0 Å². The molecule has 1 N–H and O–H groups in total. The van der Waals surface area contributed by atoms with Crippen LogP contribution >= 0.6 is 0 Å². The summed E-state index contributed by atoms with van der Waals surface area (Å²) < 4.78 is 10.3. The molecule has 0 spiro atoms. The summed E-state index contributed by atoms with van der Waals surface area (Å²) in [6.07, 6.45) is 4.62. The third kappa shape index (κ3) is 2.77. The Bertz CT molecular complexity index is 562. The molecular formula is C13H14N4O3. The minimum atomic E-state index is -0.322. The number of hydrogen-bond donors (Lipinski definition) is 1. The van der Waals surface area contributed by atoms with Crippen molar-refractivity contribution in [2.75, 3.05) is 36.5 Å². The molecule has 1 aliphatic heterocycles. The number of amides is 1. The third-order valence-corrected chi connectivity index (χ3v) is 2.93. The number of hydrogen-bond acceptors (Lipinski definition) is 6. The first-order valence-electron chi connectivity index (χ1n) is 6.32. The Balaban J connectivity index is 1.65. The van der Waals surface area contributed by atoms with Crippen LogP contribution in [-0.2, 0) is 4.74 Å². The molecule has 2 aromatic heterocycles. The van der Waals surface area contributed by atoms with Crippen LogP contribution in [0.15, 0.2) is 35.2 Å². The lowest BCUT2D eigenvalue weighted by Crippen LogP contribution is -2.37. The van der Waals surface area contributed by atoms with Crippen molar-refractivity contribution in [3.63, 3.8) is 0 Å². The van der Waals surface area contributed by atoms with Gasteiger partial charge in [-0.15, -0.1) is 0 Å². The zero-order valence-electron chi connectivity index (χ0n) is 10.8. The summed E-state index contributed by atoms with van der Waals surface area (Å²) in [4.78, 5) is 22.3. The van der Waals surface area contributed by atoms with E-state index in [0.717, 1.165) is 13.1 Å². The number of morpholine rings is 1. The number of rotatable bonds is 3. The lowest BCUT2D eigenvalue weighted by Gasteiger charge is -2.26. The second kappa shape index (κ2) is 5.70. The van der Waals surface area contributed by atoms with E-state index in [1.54, 1.807) is 24.5 Å². The van der Waals surface area contributed by atoms with Crippen molar-refractivity contribution >= 4 is 17.5 Å². The van der Waals surface area contributed by atoms with Crippen LogP contribution in [0.1, 0.15) is 10.6 Å². The standard InChI is InChI=1S/C13H14N4O3/c18-12(11-2-1-5-20-11)16-10-8-14-13(15-9-10)17-3-6-19-7-4-17/h1-2,5,8-9H,3-4,6-7H2,(H,16,18). The average molecular weight is 274 g/mol. The second-order valence-electron chi connectivity index (χ2n) is 4.30. The van der Waals surface area contributed by atoms with Crippen molar-refractivity contribution in [2.24, 2.45) is 0 Å². The Hall–Kier alpha value is -2.41. The Morgan fingerprint density at radius 3 is 2.65 bits per heavy atom. The van der Waals surface area contributed by atoms with Gasteiger partial charge in [-0.05, 0) is 12.1 Å². The highest BCUT2D eigenvalue weighted by atomic mass is 16.5. The molecule has 104 valence electrons. The van der Waals surface area contributed by atoms with E-state index in [4.69, 9.17) is 9.15 Å². The first kappa shape index (κ1) is 12.6. The van der Waals surface area contributed by atoms with E-state index < -0.39 is 0 Å². The van der Waals surface area contributed by atoms with Gasteiger partial charge in [-0.25, -0.2) is 9.97 Å². The quantitative estimate of drug-likeness (QED) is 0.904. The molecule has 0 atom stereocenters. The molecule has 1 fully saturated rings. The summed E-state index contributed by atoms with van der Waals surface area (Å²) >= 11 is 0. The molecule has 20 heavy (non-hydrogen) atoms. The van der Waals surface area contributed by atoms with Gasteiger partial charge in [0.25, 0.3) is 5.91 Å². The van der Waals surface area contributed by atoms with Crippen molar-refractivity contribution in [3.8, 4) is 0 Å². The van der Waals surface area contributed by atoms with Gasteiger partial charge in [0, 0.05) is 13.1 Å². The van der Waals surface area contributed by atoms with Crippen molar-refractivity contribution in [3.05, 3.63) is 36.5 Å². The molecule has 0 saturated carbocycles. The van der Waals surface area contributed by atoms with E-state index in [-0.39, 0.29) is 11.7 Å². The molecule has 0 radical (unpaired) electrons. The summed E-state index contributed by atoms with van der Waals surface area (Å²) in [7, 11) is 0. The Morgan fingerprint density at radius 2 is 2.00 bits per heavy atom. The number of ether oxygens (including phenoxy) is 1. The predicted molar refractivity (Wildman–Crippen MR) is 71.7 cm³/mol. The number of carbonyl (C=O) groups is 1. The van der Waals surface area contributed by atoms with E-state index in [1.165, 1.54) is 6.26 Å². The number of anilines is 2. The third-order valence-electron chi connectivity index (χ3n) is 2.93. The van der Waals surface area contributed by atoms with Crippen molar-refractivity contribution < 1.29 is 13.9 Å². The molecule has 1 amide bonds. The lowest BCUT2D eigenvalue weighted by molar-refractivity contribution is 0.0996. The molecule has 2 aromatic rings. The van der Waals surface area contributed by atoms with Crippen molar-refractivity contribution in [2.45, 2.75) is 0 Å². The molecule has 0 bridgehead atoms. The van der Waals surface area contributed by atoms with Crippen molar-refractivity contribution in [1.82, 2.24) is 9.97 Å². The van der Waals surface area contributed by atoms with Gasteiger partial charge in [0.05, 0.1) is 37.6 Å². The first-order valence-corrected chi connectivity index (χ1v) is 6.32. The second-order valence-corrected chi connectivity index (χ2v) is 4.30. The number of furan rings is 1. The van der Waals surface area contributed by atoms with Crippen LogP contribution in [0, 0.1) is 0 Å². The van der Waals surface area contributed by atoms with Crippen molar-refractivity contribution in [1.29, 1.82) is 0 Å². The first-order chi connectivity index (χ1) is 9.83. The van der Waals surface area contributed by atoms with Gasteiger partial charge in [-0.3, -0.25) is 4.79 Å². The highest BCUT2D eigenvalue weighted by Gasteiger charge is 2.14. The fraction of sp³-hybridized carbons (Fsp3) is 0.308. The number of nitrogens with one attached hydrogen (secondary N) is 1. The predicted octanol–water partition coefficient (Wildman–Crippen LogP) is 1.16. The summed E-state index contributed by atoms with van der Waals surface area (Å²) in [6, 6.07) is 3.26. The van der Waals surface area contributed by atoms with Gasteiger partial charge in [0.15, 0.2) is 5.76 Å². The topological polar surface area (TPSA) is 80.5 Å². The number of carbonyl (C=O) groups excluding carboxylic acids is 1. The Kier molecular flexibility index (Phi) is 3.60. The van der Waals surface area contributed by atoms with Gasteiger partial charge in [0.1, 0.15) is 0 Å². The van der Waals surface area contributed by atoms with Gasteiger partial charge >= 0.3 is 0 Å². The highest BCUT2D eigenvalue weighted by molar-refractivity contribution is 6.02. The van der Waals surface area contributed by atoms with Gasteiger partial charge in [-0.1, -0.05) is 0 Å². The highest BCUT2D eigenvalue weighted by Crippen LogP contribution is 2.12. The van der Waals surface area contributed by atoms with Crippen LogP contribution in [-0.4, -0.2) is 42.2 Å². The molecule has 3 rings (SSSR count). The minimum absolute atomic E-state index is 0.252. The smallest absolute Gasteiger partial charge is 0.291 e. The molecule has 0 aromatic carbocycles. The van der Waals surface area contributed by atoms with Crippen LogP contribution in [0.4, 0.5) is 11.6 Å². The largest absolute Gasteiger partial charge is 0.459 e. The van der Waals surface area contributed by atoms with Gasteiger partial charge in [-0.2, -0.15) is 0 Å². The Morgan fingerprint density at radius 1 is 1.25 bits per heavy atom. The maximum absolute atomic E-state index is 11.8. The van der Waals surface area contributed by atoms with Gasteiger partial charge < -0.3 is 19.4 Å².